The number of carbonyl (C=O) groups excluding carboxylic acids is 1. The van der Waals surface area contributed by atoms with Gasteiger partial charge < -0.3 is 30.8 Å². The first-order chi connectivity index (χ1) is 17.0. The number of nitrogen functional groups attached to an aromatic ring is 1. The molecule has 0 aliphatic carbocycles. The Morgan fingerprint density at radius 1 is 1.14 bits per heavy atom. The van der Waals surface area contributed by atoms with Gasteiger partial charge in [-0.05, 0) is 55.3 Å². The van der Waals surface area contributed by atoms with E-state index < -0.39 is 0 Å². The Labute approximate surface area is 205 Å². The molecule has 8 heteroatoms. The van der Waals surface area contributed by atoms with E-state index in [1.165, 1.54) is 0 Å². The molecule has 3 aromatic rings. The third-order valence-electron chi connectivity index (χ3n) is 6.08. The van der Waals surface area contributed by atoms with Gasteiger partial charge in [0.15, 0.2) is 0 Å². The molecule has 4 N–H and O–H groups in total. The number of aromatic nitrogens is 1. The summed E-state index contributed by atoms with van der Waals surface area (Å²) in [5.41, 5.74) is 8.77. The van der Waals surface area contributed by atoms with Crippen LogP contribution in [0.2, 0.25) is 0 Å². The topological polar surface area (TPSA) is 114 Å². The summed E-state index contributed by atoms with van der Waals surface area (Å²) < 4.78 is 10.9. The number of nitrogens with one attached hydrogen (secondary N) is 2. The molecular weight excluding hydrogens is 442 g/mol. The van der Waals surface area contributed by atoms with Crippen LogP contribution in [0.5, 0.6) is 11.5 Å². The first-order valence-electron chi connectivity index (χ1n) is 11.7. The number of ether oxygens (including phenoxy) is 2. The monoisotopic (exact) mass is 473 g/mol. The number of hydrogen-bond donors (Lipinski definition) is 3. The maximum atomic E-state index is 12.5. The van der Waals surface area contributed by atoms with Crippen LogP contribution in [0.3, 0.4) is 0 Å². The third-order valence-corrected chi connectivity index (χ3v) is 6.08. The number of benzene rings is 2. The van der Waals surface area contributed by atoms with E-state index in [-0.39, 0.29) is 11.8 Å². The van der Waals surface area contributed by atoms with Crippen molar-refractivity contribution in [2.45, 2.75) is 19.3 Å². The lowest BCUT2D eigenvalue weighted by molar-refractivity contribution is -0.133. The predicted octanol–water partition coefficient (Wildman–Crippen LogP) is 4.84. The largest absolute Gasteiger partial charge is 0.457 e. The molecule has 1 fully saturated rings. The Kier molecular flexibility index (Phi) is 7.95. The lowest BCUT2D eigenvalue weighted by Crippen LogP contribution is -2.42. The van der Waals surface area contributed by atoms with Crippen LogP contribution in [0.1, 0.15) is 24.8 Å². The van der Waals surface area contributed by atoms with Gasteiger partial charge in [-0.2, -0.15) is 0 Å². The molecule has 1 aliphatic heterocycles. The zero-order chi connectivity index (χ0) is 24.6. The summed E-state index contributed by atoms with van der Waals surface area (Å²) in [7, 11) is 1.59. The van der Waals surface area contributed by atoms with Gasteiger partial charge in [-0.3, -0.25) is 4.79 Å². The summed E-state index contributed by atoms with van der Waals surface area (Å²) in [4.78, 5) is 18.6. The fraction of sp³-hybridized carbons (Fsp3) is 0.296. The van der Waals surface area contributed by atoms with Crippen LogP contribution in [-0.2, 0) is 9.53 Å². The second-order valence-corrected chi connectivity index (χ2v) is 8.52. The van der Waals surface area contributed by atoms with Crippen LogP contribution in [0.4, 0.5) is 17.2 Å². The average Bonchev–Trinajstić information content (AvgIpc) is 2.89. The second kappa shape index (κ2) is 11.5. The van der Waals surface area contributed by atoms with Crippen molar-refractivity contribution in [3.05, 3.63) is 72.4 Å². The summed E-state index contributed by atoms with van der Waals surface area (Å²) >= 11 is 0. The molecule has 35 heavy (non-hydrogen) atoms. The Hall–Kier alpha value is -3.91. The maximum Gasteiger partial charge on any atom is 0.224 e. The molecule has 0 spiro atoms. The second-order valence-electron chi connectivity index (χ2n) is 8.52. The average molecular weight is 474 g/mol. The molecule has 4 rings (SSSR count). The zero-order valence-electron chi connectivity index (χ0n) is 19.9. The van der Waals surface area contributed by atoms with Gasteiger partial charge in [0.05, 0.1) is 18.7 Å². The van der Waals surface area contributed by atoms with Crippen molar-refractivity contribution < 1.29 is 14.3 Å². The van der Waals surface area contributed by atoms with Crippen molar-refractivity contribution in [3.8, 4) is 11.5 Å². The highest BCUT2D eigenvalue weighted by Gasteiger charge is 2.28. The summed E-state index contributed by atoms with van der Waals surface area (Å²) in [5, 5.41) is 12.3. The van der Waals surface area contributed by atoms with E-state index in [2.05, 4.69) is 10.3 Å². The van der Waals surface area contributed by atoms with Crippen LogP contribution >= 0.6 is 0 Å². The van der Waals surface area contributed by atoms with Crippen molar-refractivity contribution in [1.82, 2.24) is 9.88 Å². The SMILES string of the molecule is COCCC(=O)N1CCC[C@@H](C(=N)c2ccnc(N)c2Nc2ccc(Oc3ccccc3)cc2)C1. The summed E-state index contributed by atoms with van der Waals surface area (Å²) in [5.74, 6) is 1.80. The van der Waals surface area contributed by atoms with Gasteiger partial charge in [0.2, 0.25) is 5.91 Å². The van der Waals surface area contributed by atoms with Crippen LogP contribution in [0.15, 0.2) is 66.9 Å². The summed E-state index contributed by atoms with van der Waals surface area (Å²) in [6.45, 7) is 1.64. The zero-order valence-corrected chi connectivity index (χ0v) is 19.9. The molecule has 2 aromatic carbocycles. The number of nitrogens with two attached hydrogens (primary N) is 1. The summed E-state index contributed by atoms with van der Waals surface area (Å²) in [6.07, 6.45) is 3.68. The number of rotatable bonds is 9. The Balaban J connectivity index is 1.47. The van der Waals surface area contributed by atoms with E-state index in [9.17, 15) is 4.79 Å². The number of piperidine rings is 1. The molecule has 0 radical (unpaired) electrons. The van der Waals surface area contributed by atoms with Crippen molar-refractivity contribution in [2.24, 2.45) is 5.92 Å². The number of carbonyl (C=O) groups is 1. The molecule has 1 aromatic heterocycles. The minimum absolute atomic E-state index is 0.0646. The lowest BCUT2D eigenvalue weighted by atomic mass is 9.88. The quantitative estimate of drug-likeness (QED) is 0.383. The number of amides is 1. The van der Waals surface area contributed by atoms with Crippen LogP contribution in [-0.4, -0.2) is 48.3 Å². The number of nitrogens with zero attached hydrogens (tertiary/aromatic N) is 2. The fourth-order valence-electron chi connectivity index (χ4n) is 4.22. The Morgan fingerprint density at radius 2 is 1.89 bits per heavy atom. The number of para-hydroxylation sites is 1. The highest BCUT2D eigenvalue weighted by atomic mass is 16.5. The molecule has 0 bridgehead atoms. The molecule has 1 saturated heterocycles. The number of methoxy groups -OCH3 is 1. The van der Waals surface area contributed by atoms with E-state index >= 15 is 0 Å². The summed E-state index contributed by atoms with van der Waals surface area (Å²) in [6, 6.07) is 18.9. The Bertz CT molecular complexity index is 1150. The van der Waals surface area contributed by atoms with Crippen molar-refractivity contribution in [1.29, 1.82) is 5.41 Å². The van der Waals surface area contributed by atoms with Gasteiger partial charge in [-0.1, -0.05) is 18.2 Å². The highest BCUT2D eigenvalue weighted by Crippen LogP contribution is 2.31. The van der Waals surface area contributed by atoms with Gasteiger partial charge in [0.1, 0.15) is 17.3 Å². The van der Waals surface area contributed by atoms with Crippen molar-refractivity contribution >= 4 is 28.8 Å². The first kappa shape index (κ1) is 24.2. The lowest BCUT2D eigenvalue weighted by Gasteiger charge is -2.33. The fourth-order valence-corrected chi connectivity index (χ4v) is 4.22. The normalized spacial score (nSPS) is 15.5. The van der Waals surface area contributed by atoms with Crippen molar-refractivity contribution in [3.63, 3.8) is 0 Å². The number of pyridine rings is 1. The van der Waals surface area contributed by atoms with E-state index in [4.69, 9.17) is 20.6 Å². The number of likely N-dealkylation sites (tertiary alicyclic amines) is 1. The van der Waals surface area contributed by atoms with E-state index in [1.807, 2.05) is 59.5 Å². The van der Waals surface area contributed by atoms with Crippen molar-refractivity contribution in [2.75, 3.05) is 37.9 Å². The van der Waals surface area contributed by atoms with Crippen LogP contribution in [0, 0.1) is 11.3 Å². The first-order valence-corrected chi connectivity index (χ1v) is 11.7. The predicted molar refractivity (Wildman–Crippen MR) is 138 cm³/mol. The molecule has 182 valence electrons. The number of hydrogen-bond acceptors (Lipinski definition) is 7. The molecule has 2 heterocycles. The molecule has 8 nitrogen and oxygen atoms in total. The van der Waals surface area contributed by atoms with E-state index in [1.54, 1.807) is 19.4 Å². The smallest absolute Gasteiger partial charge is 0.224 e. The van der Waals surface area contributed by atoms with Gasteiger partial charge in [0, 0.05) is 49.3 Å². The Morgan fingerprint density at radius 3 is 2.63 bits per heavy atom. The third kappa shape index (κ3) is 6.16. The van der Waals surface area contributed by atoms with Crippen LogP contribution < -0.4 is 15.8 Å². The van der Waals surface area contributed by atoms with Gasteiger partial charge >= 0.3 is 0 Å². The number of anilines is 3. The minimum Gasteiger partial charge on any atom is -0.457 e. The van der Waals surface area contributed by atoms with E-state index in [0.717, 1.165) is 24.3 Å². The van der Waals surface area contributed by atoms with Gasteiger partial charge in [-0.25, -0.2) is 4.98 Å². The molecule has 1 aliphatic rings. The maximum absolute atomic E-state index is 12.5. The highest BCUT2D eigenvalue weighted by molar-refractivity contribution is 6.07. The minimum atomic E-state index is -0.0701. The molecule has 1 amide bonds. The van der Waals surface area contributed by atoms with Crippen LogP contribution in [0.25, 0.3) is 0 Å². The standard InChI is InChI=1S/C27H31N5O3/c1-34-17-14-24(33)32-16-5-6-19(18-32)25(28)23-13-15-30-27(29)26(23)31-20-9-11-22(12-10-20)35-21-7-3-2-4-8-21/h2-4,7-13,15,19,28,31H,5-6,14,16-18H2,1H3,(H2,29,30)/t19-/m1/s1. The van der Waals surface area contributed by atoms with E-state index in [0.29, 0.717) is 54.6 Å². The molecule has 1 atom stereocenters. The molecule has 0 saturated carbocycles. The van der Waals surface area contributed by atoms with Gasteiger partial charge in [0.25, 0.3) is 0 Å². The molecular formula is C27H31N5O3. The van der Waals surface area contributed by atoms with Gasteiger partial charge in [-0.15, -0.1) is 0 Å². The molecule has 0 unspecified atom stereocenters.